The predicted octanol–water partition coefficient (Wildman–Crippen LogP) is 13.3. The van der Waals surface area contributed by atoms with Gasteiger partial charge in [-0.25, -0.2) is 4.79 Å². The SMILES string of the molecule is CCCCCCCC/C=C\CCCCCCCC(=O)C1(C(=O)CCCCCCC/C=C\CCCCCCCC)OC(=O)c2ccccc21. The van der Waals surface area contributed by atoms with Crippen LogP contribution in [0.1, 0.15) is 210 Å². The second-order valence-corrected chi connectivity index (χ2v) is 14.1. The normalized spacial score (nSPS) is 13.8. The predicted molar refractivity (Wildman–Crippen MR) is 202 cm³/mol. The molecule has 1 aliphatic rings. The average Bonchev–Trinajstić information content (AvgIpc) is 3.41. The molecule has 1 aromatic rings. The van der Waals surface area contributed by atoms with E-state index in [2.05, 4.69) is 38.2 Å². The van der Waals surface area contributed by atoms with Crippen molar-refractivity contribution in [2.24, 2.45) is 0 Å². The number of carbonyl (C=O) groups excluding carboxylic acids is 3. The summed E-state index contributed by atoms with van der Waals surface area (Å²) in [5.41, 5.74) is -0.950. The number of hydrogen-bond acceptors (Lipinski definition) is 4. The minimum Gasteiger partial charge on any atom is -0.434 e. The highest BCUT2D eigenvalue weighted by Gasteiger charge is 2.55. The maximum absolute atomic E-state index is 13.7. The molecule has 0 radical (unpaired) electrons. The van der Waals surface area contributed by atoms with E-state index >= 15 is 0 Å². The van der Waals surface area contributed by atoms with Crippen LogP contribution in [-0.2, 0) is 19.9 Å². The Bertz CT molecular complexity index is 1020. The zero-order valence-electron chi connectivity index (χ0n) is 31.1. The summed E-state index contributed by atoms with van der Waals surface area (Å²) >= 11 is 0. The highest BCUT2D eigenvalue weighted by molar-refractivity contribution is 6.17. The molecule has 0 atom stereocenters. The Balaban J connectivity index is 1.66. The molecule has 48 heavy (non-hydrogen) atoms. The van der Waals surface area contributed by atoms with E-state index in [9.17, 15) is 14.4 Å². The van der Waals surface area contributed by atoms with Gasteiger partial charge in [-0.3, -0.25) is 9.59 Å². The van der Waals surface area contributed by atoms with Crippen LogP contribution in [0.5, 0.6) is 0 Å². The van der Waals surface area contributed by atoms with E-state index in [0.29, 0.717) is 11.1 Å². The molecule has 2 rings (SSSR count). The third-order valence-electron chi connectivity index (χ3n) is 9.89. The number of carbonyl (C=O) groups is 3. The first kappa shape index (κ1) is 41.7. The van der Waals surface area contributed by atoms with Crippen molar-refractivity contribution in [3.63, 3.8) is 0 Å². The molecule has 1 heterocycles. The molecule has 0 aromatic heterocycles. The number of allylic oxidation sites excluding steroid dienone is 4. The fourth-order valence-corrected chi connectivity index (χ4v) is 6.85. The number of hydrogen-bond donors (Lipinski definition) is 0. The smallest absolute Gasteiger partial charge is 0.340 e. The third-order valence-corrected chi connectivity index (χ3v) is 9.89. The van der Waals surface area contributed by atoms with Crippen LogP contribution in [-0.4, -0.2) is 17.5 Å². The molecule has 0 aliphatic carbocycles. The van der Waals surface area contributed by atoms with Crippen molar-refractivity contribution in [1.29, 1.82) is 0 Å². The van der Waals surface area contributed by atoms with Crippen LogP contribution in [0.2, 0.25) is 0 Å². The van der Waals surface area contributed by atoms with Gasteiger partial charge in [0.05, 0.1) is 5.56 Å². The lowest BCUT2D eigenvalue weighted by molar-refractivity contribution is -0.151. The van der Waals surface area contributed by atoms with Gasteiger partial charge in [-0.2, -0.15) is 0 Å². The van der Waals surface area contributed by atoms with Gasteiger partial charge in [0.15, 0.2) is 11.6 Å². The van der Waals surface area contributed by atoms with Crippen LogP contribution in [0.3, 0.4) is 0 Å². The van der Waals surface area contributed by atoms with E-state index < -0.39 is 11.6 Å². The monoisotopic (exact) mass is 663 g/mol. The second kappa shape index (κ2) is 27.3. The first-order valence-electron chi connectivity index (χ1n) is 20.3. The molecule has 1 aliphatic heterocycles. The molecule has 0 unspecified atom stereocenters. The van der Waals surface area contributed by atoms with Crippen molar-refractivity contribution < 1.29 is 19.1 Å². The van der Waals surface area contributed by atoms with Gasteiger partial charge in [0.25, 0.3) is 5.60 Å². The maximum Gasteiger partial charge on any atom is 0.340 e. The molecule has 0 spiro atoms. The number of rotatable bonds is 32. The molecular formula is C44H70O4. The summed E-state index contributed by atoms with van der Waals surface area (Å²) in [7, 11) is 0. The molecule has 1 aromatic carbocycles. The van der Waals surface area contributed by atoms with Crippen molar-refractivity contribution in [3.05, 3.63) is 59.7 Å². The summed E-state index contributed by atoms with van der Waals surface area (Å²) in [6.45, 7) is 4.52. The fourth-order valence-electron chi connectivity index (χ4n) is 6.85. The largest absolute Gasteiger partial charge is 0.434 e. The van der Waals surface area contributed by atoms with Gasteiger partial charge in [0, 0.05) is 18.4 Å². The van der Waals surface area contributed by atoms with Crippen molar-refractivity contribution in [3.8, 4) is 0 Å². The third kappa shape index (κ3) is 16.3. The van der Waals surface area contributed by atoms with Crippen molar-refractivity contribution in [2.45, 2.75) is 199 Å². The topological polar surface area (TPSA) is 60.4 Å². The first-order valence-corrected chi connectivity index (χ1v) is 20.3. The van der Waals surface area contributed by atoms with Crippen LogP contribution in [0, 0.1) is 0 Å². The lowest BCUT2D eigenvalue weighted by atomic mass is 9.81. The quantitative estimate of drug-likeness (QED) is 0.0333. The Morgan fingerprint density at radius 2 is 0.875 bits per heavy atom. The molecular weight excluding hydrogens is 592 g/mol. The number of unbranched alkanes of at least 4 members (excludes halogenated alkanes) is 22. The molecule has 0 amide bonds. The summed E-state index contributed by atoms with van der Waals surface area (Å²) in [5.74, 6) is -1.06. The van der Waals surface area contributed by atoms with E-state index in [1.165, 1.54) is 103 Å². The first-order chi connectivity index (χ1) is 23.6. The Hall–Kier alpha value is -2.49. The van der Waals surface area contributed by atoms with Gasteiger partial charge >= 0.3 is 5.97 Å². The molecule has 4 heteroatoms. The lowest BCUT2D eigenvalue weighted by Gasteiger charge is -2.26. The summed E-state index contributed by atoms with van der Waals surface area (Å²) in [5, 5.41) is 0. The number of cyclic esters (lactones) is 1. The number of ketones is 2. The number of benzene rings is 1. The van der Waals surface area contributed by atoms with Crippen molar-refractivity contribution in [1.82, 2.24) is 0 Å². The Labute approximate surface area is 295 Å². The van der Waals surface area contributed by atoms with Crippen LogP contribution in [0.15, 0.2) is 48.6 Å². The van der Waals surface area contributed by atoms with Gasteiger partial charge < -0.3 is 4.74 Å². The van der Waals surface area contributed by atoms with E-state index in [0.717, 1.165) is 64.2 Å². The molecule has 0 saturated carbocycles. The summed E-state index contributed by atoms with van der Waals surface area (Å²) in [4.78, 5) is 40.2. The number of Topliss-reactive ketones (excluding diaryl/α,β-unsaturated/α-hetero) is 2. The Morgan fingerprint density at radius 3 is 1.29 bits per heavy atom. The van der Waals surface area contributed by atoms with Crippen LogP contribution < -0.4 is 0 Å². The lowest BCUT2D eigenvalue weighted by Crippen LogP contribution is -2.44. The molecule has 0 bridgehead atoms. The Kier molecular flexibility index (Phi) is 23.7. The van der Waals surface area contributed by atoms with Gasteiger partial charge in [-0.1, -0.05) is 159 Å². The van der Waals surface area contributed by atoms with Crippen LogP contribution in [0.25, 0.3) is 0 Å². The standard InChI is InChI=1S/C44H70O4/c1-3-5-7-9-11-13-15-17-19-21-23-25-27-29-31-37-41(45)44(40-36-34-33-35-39(40)43(47)48-44)42(46)38-32-30-28-26-24-22-20-18-16-14-12-10-8-6-4-2/h17-20,33-36H,3-16,21-32,37-38H2,1-2H3/b19-17-,20-18-. The Morgan fingerprint density at radius 1 is 0.521 bits per heavy atom. The number of ether oxygens (including phenoxy) is 1. The van der Waals surface area contributed by atoms with E-state index in [1.54, 1.807) is 24.3 Å². The van der Waals surface area contributed by atoms with Crippen molar-refractivity contribution >= 4 is 17.5 Å². The summed E-state index contributed by atoms with van der Waals surface area (Å²) in [6.07, 6.45) is 40.7. The minimum absolute atomic E-state index is 0.254. The van der Waals surface area contributed by atoms with Crippen LogP contribution >= 0.6 is 0 Å². The molecule has 0 saturated heterocycles. The molecule has 4 nitrogen and oxygen atoms in total. The van der Waals surface area contributed by atoms with Gasteiger partial charge in [0.2, 0.25) is 0 Å². The zero-order valence-corrected chi connectivity index (χ0v) is 31.1. The summed E-state index contributed by atoms with van der Waals surface area (Å²) in [6, 6.07) is 6.96. The van der Waals surface area contributed by atoms with Gasteiger partial charge in [0.1, 0.15) is 0 Å². The second-order valence-electron chi connectivity index (χ2n) is 14.1. The average molecular weight is 663 g/mol. The van der Waals surface area contributed by atoms with E-state index in [4.69, 9.17) is 4.74 Å². The maximum atomic E-state index is 13.7. The van der Waals surface area contributed by atoms with E-state index in [1.807, 2.05) is 0 Å². The molecule has 0 N–H and O–H groups in total. The van der Waals surface area contributed by atoms with Crippen LogP contribution in [0.4, 0.5) is 0 Å². The highest BCUT2D eigenvalue weighted by Crippen LogP contribution is 2.40. The molecule has 0 fully saturated rings. The number of fused-ring (bicyclic) bond motifs is 1. The van der Waals surface area contributed by atoms with Gasteiger partial charge in [-0.15, -0.1) is 0 Å². The number of esters is 1. The fraction of sp³-hybridized carbons (Fsp3) is 0.705. The van der Waals surface area contributed by atoms with Crippen molar-refractivity contribution in [2.75, 3.05) is 0 Å². The zero-order chi connectivity index (χ0) is 34.5. The highest BCUT2D eigenvalue weighted by atomic mass is 16.6. The van der Waals surface area contributed by atoms with Gasteiger partial charge in [-0.05, 0) is 70.3 Å². The molecule has 270 valence electrons. The van der Waals surface area contributed by atoms with E-state index in [-0.39, 0.29) is 24.4 Å². The summed E-state index contributed by atoms with van der Waals surface area (Å²) < 4.78 is 5.74. The minimum atomic E-state index is -1.75.